The predicted molar refractivity (Wildman–Crippen MR) is 178 cm³/mol. The molecule has 0 amide bonds. The predicted octanol–water partition coefficient (Wildman–Crippen LogP) is 9.06. The summed E-state index contributed by atoms with van der Waals surface area (Å²) in [6.07, 6.45) is 1.90. The summed E-state index contributed by atoms with van der Waals surface area (Å²) in [6, 6.07) is 22.5. The molecule has 0 aliphatic carbocycles. The number of fused-ring (bicyclic) bond motifs is 3. The second-order valence-electron chi connectivity index (χ2n) is 11.3. The van der Waals surface area contributed by atoms with Crippen LogP contribution in [0.25, 0.3) is 44.6 Å². The molecule has 6 rings (SSSR count). The van der Waals surface area contributed by atoms with Gasteiger partial charge in [-0.2, -0.15) is 0 Å². The molecule has 0 N–H and O–H groups in total. The molecule has 0 atom stereocenters. The Hall–Kier alpha value is -3.12. The number of benzene rings is 2. The minimum absolute atomic E-state index is 0. The third-order valence-electron chi connectivity index (χ3n) is 6.57. The van der Waals surface area contributed by atoms with Crippen LogP contribution in [-0.4, -0.2) is 28.2 Å². The van der Waals surface area contributed by atoms with Crippen LogP contribution in [0, 0.1) is 38.6 Å². The van der Waals surface area contributed by atoms with Crippen LogP contribution in [0.5, 0.6) is 0 Å². The van der Waals surface area contributed by atoms with Crippen LogP contribution in [0.2, 0.25) is 17.3 Å². The van der Waals surface area contributed by atoms with E-state index in [-0.39, 0.29) is 70.8 Å². The Bertz CT molecular complexity index is 2260. The maximum Gasteiger partial charge on any atom is 0 e. The second-order valence-corrected chi connectivity index (χ2v) is 21.9. The van der Waals surface area contributed by atoms with Crippen LogP contribution in [0.3, 0.4) is 0 Å². The maximum absolute atomic E-state index is 8.56. The molecule has 0 saturated heterocycles. The fourth-order valence-electron chi connectivity index (χ4n) is 4.64. The van der Waals surface area contributed by atoms with Crippen molar-refractivity contribution in [2.75, 3.05) is 0 Å². The largest absolute Gasteiger partial charge is 0 e. The van der Waals surface area contributed by atoms with Crippen LogP contribution in [0.15, 0.2) is 77.5 Å². The standard InChI is InChI=1S/C19H15N2O.C18H24GeN.Ir/c1-11-8-9-20-16(10-11)14-6-4-12(2)17-15-7-5-13(3)21-19(15)22-18(14)17;1-14(2)11-16-12-18(15-9-7-6-8-10-15)20-13-17(16)19(3,4)5;/h4-5,7-10H,1-3H3;6-9,12-14H,11H2,1-5H3;/q2*-1;/i1D3,2D3,3D3;11D2;. The molecule has 0 aliphatic rings. The summed E-state index contributed by atoms with van der Waals surface area (Å²) in [7, 11) is 0. The van der Waals surface area contributed by atoms with Crippen LogP contribution in [0.1, 0.15) is 51.3 Å². The van der Waals surface area contributed by atoms with Crippen molar-refractivity contribution in [1.29, 1.82) is 0 Å². The van der Waals surface area contributed by atoms with Crippen LogP contribution in [0.4, 0.5) is 0 Å². The van der Waals surface area contributed by atoms with Crippen molar-refractivity contribution >= 4 is 39.7 Å². The zero-order valence-electron chi connectivity index (χ0n) is 35.6. The Balaban J connectivity index is 0.000000250. The average Bonchev–Trinajstić information content (AvgIpc) is 3.45. The fraction of sp³-hybridized carbons (Fsp3) is 0.270. The summed E-state index contributed by atoms with van der Waals surface area (Å²) in [5.41, 5.74) is 2.88. The molecule has 223 valence electrons. The van der Waals surface area contributed by atoms with Gasteiger partial charge in [0.1, 0.15) is 0 Å². The Morgan fingerprint density at radius 1 is 0.977 bits per heavy atom. The van der Waals surface area contributed by atoms with Crippen LogP contribution < -0.4 is 4.40 Å². The molecule has 4 aromatic heterocycles. The Labute approximate surface area is 287 Å². The summed E-state index contributed by atoms with van der Waals surface area (Å²) >= 11 is -2.20. The summed E-state index contributed by atoms with van der Waals surface area (Å²) < 4.78 is 93.2. The van der Waals surface area contributed by atoms with E-state index in [4.69, 9.17) is 19.5 Å². The monoisotopic (exact) mass is 819 g/mol. The molecule has 0 bridgehead atoms. The molecule has 0 spiro atoms. The molecule has 0 unspecified atom stereocenters. The van der Waals surface area contributed by atoms with Crippen molar-refractivity contribution in [3.63, 3.8) is 0 Å². The van der Waals surface area contributed by atoms with Gasteiger partial charge >= 0.3 is 128 Å². The smallest absolute Gasteiger partial charge is 0 e. The van der Waals surface area contributed by atoms with E-state index >= 15 is 0 Å². The summed E-state index contributed by atoms with van der Waals surface area (Å²) in [5.74, 6) is 6.77. The van der Waals surface area contributed by atoms with Crippen molar-refractivity contribution in [3.05, 3.63) is 108 Å². The molecule has 0 saturated carbocycles. The average molecular weight is 818 g/mol. The van der Waals surface area contributed by atoms with E-state index in [0.29, 0.717) is 5.39 Å². The van der Waals surface area contributed by atoms with Gasteiger partial charge in [0.15, 0.2) is 0 Å². The van der Waals surface area contributed by atoms with Gasteiger partial charge in [0.25, 0.3) is 0 Å². The Morgan fingerprint density at radius 3 is 2.53 bits per heavy atom. The van der Waals surface area contributed by atoms with Gasteiger partial charge in [0.05, 0.1) is 5.58 Å². The normalized spacial score (nSPS) is 16.4. The molecular weight excluding hydrogens is 767 g/mol. The maximum atomic E-state index is 8.56. The molecule has 6 aromatic rings. The molecule has 43 heavy (non-hydrogen) atoms. The SMILES string of the molecule is [2H]C([2H])([2H])c1ccnc(-c2[c-]cc(C([2H])([2H])[2H])c3c2oc2nc(C([2H])([2H])[2H])ccc23)c1.[2H]C([2H])(c1cc(-c2[c-]cccc2)nc[c]1[Ge]([CH3])([CH3])[CH3])C(C)C.[Ir]. The third kappa shape index (κ3) is 7.52. The summed E-state index contributed by atoms with van der Waals surface area (Å²) in [6.45, 7) is -3.45. The van der Waals surface area contributed by atoms with Gasteiger partial charge < -0.3 is 9.40 Å². The molecule has 0 fully saturated rings. The van der Waals surface area contributed by atoms with E-state index in [0.717, 1.165) is 21.2 Å². The quantitative estimate of drug-likeness (QED) is 0.129. The molecule has 1 radical (unpaired) electrons. The number of aryl methyl sites for hydroxylation is 3. The van der Waals surface area contributed by atoms with Crippen molar-refractivity contribution < 1.29 is 39.6 Å². The molecule has 6 heteroatoms. The van der Waals surface area contributed by atoms with Crippen molar-refractivity contribution in [3.8, 4) is 22.5 Å². The van der Waals surface area contributed by atoms with Crippen LogP contribution in [-0.2, 0) is 26.5 Å². The van der Waals surface area contributed by atoms with Crippen LogP contribution >= 0.6 is 0 Å². The van der Waals surface area contributed by atoms with E-state index < -0.39 is 40.2 Å². The summed E-state index contributed by atoms with van der Waals surface area (Å²) in [4.78, 5) is 12.9. The molecule has 2 aromatic carbocycles. The number of nitrogens with zero attached hydrogens (tertiary/aromatic N) is 3. The van der Waals surface area contributed by atoms with Gasteiger partial charge in [0.2, 0.25) is 5.71 Å². The first-order valence-electron chi connectivity index (χ1n) is 19.1. The number of aromatic nitrogens is 3. The minimum Gasteiger partial charge on any atom is 0 e. The van der Waals surface area contributed by atoms with E-state index in [1.165, 1.54) is 36.5 Å². The number of hydrogen-bond donors (Lipinski definition) is 0. The van der Waals surface area contributed by atoms with Gasteiger partial charge in [0, 0.05) is 49.7 Å². The molecule has 4 nitrogen and oxygen atoms in total. The minimum atomic E-state index is -2.50. The fourth-order valence-corrected chi connectivity index (χ4v) is 7.59. The van der Waals surface area contributed by atoms with Crippen molar-refractivity contribution in [2.24, 2.45) is 5.92 Å². The summed E-state index contributed by atoms with van der Waals surface area (Å²) in [5, 5.41) is 0.561. The number of furan rings is 1. The molecular formula is C37H39GeIrN3O-2. The van der Waals surface area contributed by atoms with Crippen molar-refractivity contribution in [1.82, 2.24) is 15.0 Å². The van der Waals surface area contributed by atoms with Gasteiger partial charge in [-0.15, -0.1) is 17.7 Å². The zero-order chi connectivity index (χ0) is 39.3. The third-order valence-corrected chi connectivity index (χ3v) is 10.8. The first-order valence-corrected chi connectivity index (χ1v) is 21.0. The van der Waals surface area contributed by atoms with Gasteiger partial charge in [-0.1, -0.05) is 29.4 Å². The van der Waals surface area contributed by atoms with E-state index in [9.17, 15) is 0 Å². The molecule has 4 heterocycles. The first-order chi connectivity index (χ1) is 24.4. The second kappa shape index (κ2) is 13.7. The Kier molecular flexibility index (Phi) is 6.60. The van der Waals surface area contributed by atoms with E-state index in [1.54, 1.807) is 0 Å². The topological polar surface area (TPSA) is 51.8 Å². The van der Waals surface area contributed by atoms with Gasteiger partial charge in [-0.05, 0) is 37.6 Å². The van der Waals surface area contributed by atoms with E-state index in [2.05, 4.69) is 44.4 Å². The zero-order valence-corrected chi connectivity index (χ0v) is 29.1. The number of rotatable bonds is 5. The van der Waals surface area contributed by atoms with Gasteiger partial charge in [-0.25, -0.2) is 4.98 Å². The van der Waals surface area contributed by atoms with Crippen molar-refractivity contribution in [2.45, 2.75) is 58.0 Å². The number of pyridine rings is 3. The first kappa shape index (κ1) is 20.8. The van der Waals surface area contributed by atoms with E-state index in [1.807, 2.05) is 50.4 Å². The van der Waals surface area contributed by atoms with Gasteiger partial charge in [-0.3, -0.25) is 0 Å². The number of hydrogen-bond acceptors (Lipinski definition) is 4. The Morgan fingerprint density at radius 2 is 1.84 bits per heavy atom. The molecule has 0 aliphatic heterocycles.